The number of rotatable bonds is 6. The molecule has 2 heteroatoms. The lowest BCUT2D eigenvalue weighted by molar-refractivity contribution is 0.0127. The summed E-state index contributed by atoms with van der Waals surface area (Å²) in [6, 6.07) is 8.52. The van der Waals surface area contributed by atoms with Crippen molar-refractivity contribution in [2.75, 3.05) is 20.7 Å². The molecule has 2 rings (SSSR count). The van der Waals surface area contributed by atoms with Gasteiger partial charge in [-0.1, -0.05) is 44.9 Å². The second kappa shape index (κ2) is 5.54. The summed E-state index contributed by atoms with van der Waals surface area (Å²) in [6.45, 7) is 5.69. The summed E-state index contributed by atoms with van der Waals surface area (Å²) in [5.41, 5.74) is 2.18. The van der Waals surface area contributed by atoms with Crippen molar-refractivity contribution in [2.45, 2.75) is 44.9 Å². The van der Waals surface area contributed by atoms with Crippen LogP contribution in [-0.4, -0.2) is 20.7 Å². The van der Waals surface area contributed by atoms with E-state index < -0.39 is 0 Å². The second-order valence-electron chi connectivity index (χ2n) is 6.07. The van der Waals surface area contributed by atoms with Gasteiger partial charge in [0.05, 0.1) is 7.11 Å². The molecule has 0 unspecified atom stereocenters. The summed E-state index contributed by atoms with van der Waals surface area (Å²) < 4.78 is 5.58. The van der Waals surface area contributed by atoms with E-state index in [1.807, 2.05) is 0 Å². The summed E-state index contributed by atoms with van der Waals surface area (Å²) in [5, 5.41) is 3.39. The Morgan fingerprint density at radius 2 is 1.79 bits per heavy atom. The van der Waals surface area contributed by atoms with Gasteiger partial charge in [0.2, 0.25) is 0 Å². The van der Waals surface area contributed by atoms with Crippen LogP contribution in [0, 0.1) is 5.41 Å². The number of benzene rings is 1. The van der Waals surface area contributed by atoms with Crippen LogP contribution in [0.1, 0.15) is 45.1 Å². The van der Waals surface area contributed by atoms with E-state index in [2.05, 4.69) is 50.5 Å². The minimum Gasteiger partial charge on any atom is -0.496 e. The third-order valence-electron chi connectivity index (χ3n) is 5.12. The first-order valence-electron chi connectivity index (χ1n) is 7.43. The van der Waals surface area contributed by atoms with E-state index in [0.29, 0.717) is 5.41 Å². The molecular weight excluding hydrogens is 234 g/mol. The van der Waals surface area contributed by atoms with Crippen LogP contribution in [0.25, 0.3) is 0 Å². The third-order valence-corrected chi connectivity index (χ3v) is 5.12. The van der Waals surface area contributed by atoms with Crippen LogP contribution in [0.5, 0.6) is 5.75 Å². The fourth-order valence-electron chi connectivity index (χ4n) is 3.97. The summed E-state index contributed by atoms with van der Waals surface area (Å²) in [5.74, 6) is 1.04. The maximum atomic E-state index is 5.58. The molecule has 0 atom stereocenters. The maximum Gasteiger partial charge on any atom is 0.122 e. The smallest absolute Gasteiger partial charge is 0.122 e. The fourth-order valence-corrected chi connectivity index (χ4v) is 3.97. The van der Waals surface area contributed by atoms with E-state index in [0.717, 1.165) is 12.3 Å². The minimum absolute atomic E-state index is 0.257. The van der Waals surface area contributed by atoms with E-state index >= 15 is 0 Å². The Bertz CT molecular complexity index is 415. The Hall–Kier alpha value is -1.02. The van der Waals surface area contributed by atoms with Gasteiger partial charge in [-0.05, 0) is 31.4 Å². The zero-order valence-corrected chi connectivity index (χ0v) is 12.8. The summed E-state index contributed by atoms with van der Waals surface area (Å²) >= 11 is 0. The highest BCUT2D eigenvalue weighted by molar-refractivity contribution is 5.43. The molecule has 0 saturated heterocycles. The van der Waals surface area contributed by atoms with Crippen LogP contribution in [0.3, 0.4) is 0 Å². The van der Waals surface area contributed by atoms with Gasteiger partial charge < -0.3 is 10.1 Å². The average Bonchev–Trinajstić information content (AvgIpc) is 2.42. The van der Waals surface area contributed by atoms with Crippen LogP contribution in [0.4, 0.5) is 0 Å². The first kappa shape index (κ1) is 14.4. The zero-order valence-electron chi connectivity index (χ0n) is 12.8. The quantitative estimate of drug-likeness (QED) is 0.842. The Labute approximate surface area is 117 Å². The molecule has 0 radical (unpaired) electrons. The average molecular weight is 261 g/mol. The first-order valence-corrected chi connectivity index (χ1v) is 7.43. The molecule has 2 nitrogen and oxygen atoms in total. The van der Waals surface area contributed by atoms with Gasteiger partial charge in [0.1, 0.15) is 5.75 Å². The molecule has 1 aliphatic carbocycles. The summed E-state index contributed by atoms with van der Waals surface area (Å²) in [4.78, 5) is 0. The van der Waals surface area contributed by atoms with Crippen molar-refractivity contribution in [3.8, 4) is 5.75 Å². The molecule has 0 spiro atoms. The van der Waals surface area contributed by atoms with Crippen LogP contribution in [0.2, 0.25) is 0 Å². The van der Waals surface area contributed by atoms with E-state index in [1.165, 1.54) is 31.2 Å². The molecule has 0 aliphatic heterocycles. The number of hydrogen-bond acceptors (Lipinski definition) is 2. The predicted octanol–water partition coefficient (Wildman–Crippen LogP) is 3.75. The van der Waals surface area contributed by atoms with Gasteiger partial charge in [-0.3, -0.25) is 0 Å². The highest BCUT2D eigenvalue weighted by atomic mass is 16.5. The Kier molecular flexibility index (Phi) is 4.19. The van der Waals surface area contributed by atoms with Crippen molar-refractivity contribution in [1.29, 1.82) is 0 Å². The van der Waals surface area contributed by atoms with Crippen LogP contribution in [-0.2, 0) is 5.41 Å². The molecular formula is C17H27NO. The van der Waals surface area contributed by atoms with Gasteiger partial charge in [-0.15, -0.1) is 0 Å². The normalized spacial score (nSPS) is 19.8. The van der Waals surface area contributed by atoms with Crippen molar-refractivity contribution in [3.63, 3.8) is 0 Å². The van der Waals surface area contributed by atoms with E-state index in [-0.39, 0.29) is 5.41 Å². The first-order chi connectivity index (χ1) is 9.15. The predicted molar refractivity (Wildman–Crippen MR) is 80.8 cm³/mol. The van der Waals surface area contributed by atoms with Crippen molar-refractivity contribution in [3.05, 3.63) is 29.8 Å². The van der Waals surface area contributed by atoms with Gasteiger partial charge in [0.15, 0.2) is 0 Å². The lowest BCUT2D eigenvalue weighted by Crippen LogP contribution is -2.54. The molecule has 0 aromatic heterocycles. The van der Waals surface area contributed by atoms with E-state index in [1.54, 1.807) is 7.11 Å². The largest absolute Gasteiger partial charge is 0.496 e. The van der Waals surface area contributed by atoms with Crippen molar-refractivity contribution in [1.82, 2.24) is 5.32 Å². The minimum atomic E-state index is 0.257. The van der Waals surface area contributed by atoms with Crippen molar-refractivity contribution in [2.24, 2.45) is 5.41 Å². The monoisotopic (exact) mass is 261 g/mol. The number of methoxy groups -OCH3 is 1. The molecule has 1 aliphatic rings. The molecule has 1 aromatic carbocycles. The van der Waals surface area contributed by atoms with Gasteiger partial charge in [-0.2, -0.15) is 0 Å². The molecule has 19 heavy (non-hydrogen) atoms. The number of hydrogen-bond donors (Lipinski definition) is 1. The zero-order chi connectivity index (χ0) is 13.9. The Morgan fingerprint density at radius 1 is 1.16 bits per heavy atom. The molecule has 1 fully saturated rings. The van der Waals surface area contributed by atoms with Gasteiger partial charge >= 0.3 is 0 Å². The van der Waals surface area contributed by atoms with Gasteiger partial charge in [-0.25, -0.2) is 0 Å². The van der Waals surface area contributed by atoms with Crippen LogP contribution < -0.4 is 10.1 Å². The van der Waals surface area contributed by atoms with Gasteiger partial charge in [0.25, 0.3) is 0 Å². The second-order valence-corrected chi connectivity index (χ2v) is 6.07. The topological polar surface area (TPSA) is 21.3 Å². The number of ether oxygens (including phenoxy) is 1. The Morgan fingerprint density at radius 3 is 2.32 bits per heavy atom. The number of likely N-dealkylation sites (N-methyl/N-ethyl adjacent to an activating group) is 1. The molecule has 1 N–H and O–H groups in total. The van der Waals surface area contributed by atoms with Crippen molar-refractivity contribution < 1.29 is 4.74 Å². The summed E-state index contributed by atoms with van der Waals surface area (Å²) in [7, 11) is 3.83. The molecule has 0 heterocycles. The maximum absolute atomic E-state index is 5.58. The van der Waals surface area contributed by atoms with Crippen molar-refractivity contribution >= 4 is 0 Å². The number of nitrogens with one attached hydrogen (secondary N) is 1. The van der Waals surface area contributed by atoms with E-state index in [9.17, 15) is 0 Å². The molecule has 106 valence electrons. The molecule has 0 bridgehead atoms. The third kappa shape index (κ3) is 2.38. The SMILES string of the molecule is CCC1(CC)CC(CNC)(c2ccccc2OC)C1. The highest BCUT2D eigenvalue weighted by Crippen LogP contribution is 2.60. The van der Waals surface area contributed by atoms with E-state index in [4.69, 9.17) is 4.74 Å². The van der Waals surface area contributed by atoms with Gasteiger partial charge in [0, 0.05) is 17.5 Å². The number of para-hydroxylation sites is 1. The molecule has 1 aromatic rings. The fraction of sp³-hybridized carbons (Fsp3) is 0.647. The van der Waals surface area contributed by atoms with Crippen LogP contribution in [0.15, 0.2) is 24.3 Å². The summed E-state index contributed by atoms with van der Waals surface area (Å²) in [6.07, 6.45) is 5.11. The lowest BCUT2D eigenvalue weighted by atomic mass is 9.48. The Balaban J connectivity index is 2.32. The molecule has 1 saturated carbocycles. The highest BCUT2D eigenvalue weighted by Gasteiger charge is 2.53. The standard InChI is InChI=1S/C17H27NO/c1-5-16(6-2)11-17(12-16,13-18-3)14-9-7-8-10-15(14)19-4/h7-10,18H,5-6,11-13H2,1-4H3. The van der Waals surface area contributed by atoms with Crippen LogP contribution >= 0.6 is 0 Å². The molecule has 0 amide bonds. The lowest BCUT2D eigenvalue weighted by Gasteiger charge is -2.57.